The summed E-state index contributed by atoms with van der Waals surface area (Å²) < 4.78 is 12.9. The van der Waals surface area contributed by atoms with Crippen LogP contribution in [0, 0.1) is 0 Å². The number of carbonyl (C=O) groups is 1. The number of methoxy groups -OCH3 is 1. The van der Waals surface area contributed by atoms with Gasteiger partial charge in [0, 0.05) is 16.0 Å². The molecule has 0 bridgehead atoms. The monoisotopic (exact) mass is 543 g/mol. The number of rotatable bonds is 13. The highest BCUT2D eigenvalue weighted by Crippen LogP contribution is 2.40. The molecule has 0 saturated carbocycles. The number of carboxylic acids is 1. The summed E-state index contributed by atoms with van der Waals surface area (Å²) in [7, 11) is 1.78. The first-order chi connectivity index (χ1) is 19.1. The van der Waals surface area contributed by atoms with Gasteiger partial charge >= 0.3 is 5.97 Å². The fraction of sp³-hybridized carbons (Fsp3) is 0.364. The summed E-state index contributed by atoms with van der Waals surface area (Å²) in [5, 5.41) is 10.1. The fourth-order valence-corrected chi connectivity index (χ4v) is 6.66. The molecule has 1 aromatic heterocycles. The highest BCUT2D eigenvalue weighted by molar-refractivity contribution is 7.22. The zero-order chi connectivity index (χ0) is 27.0. The van der Waals surface area contributed by atoms with Crippen LogP contribution < -0.4 is 9.47 Å². The summed E-state index contributed by atoms with van der Waals surface area (Å²) in [6.07, 6.45) is 6.32. The van der Waals surface area contributed by atoms with E-state index in [1.807, 2.05) is 23.5 Å². The van der Waals surface area contributed by atoms with Gasteiger partial charge in [-0.25, -0.2) is 0 Å². The smallest absolute Gasteiger partial charge is 0.303 e. The molecule has 4 aromatic rings. The molecule has 0 unspecified atom stereocenters. The van der Waals surface area contributed by atoms with E-state index in [9.17, 15) is 4.79 Å². The first kappa shape index (κ1) is 27.2. The molecule has 0 amide bonds. The molecule has 0 radical (unpaired) electrons. The van der Waals surface area contributed by atoms with Crippen molar-refractivity contribution in [2.75, 3.05) is 33.4 Å². The number of thiophene rings is 1. The van der Waals surface area contributed by atoms with Gasteiger partial charge in [0.15, 0.2) is 0 Å². The van der Waals surface area contributed by atoms with E-state index in [2.05, 4.69) is 59.5 Å². The maximum absolute atomic E-state index is 10.7. The van der Waals surface area contributed by atoms with E-state index >= 15 is 0 Å². The molecule has 39 heavy (non-hydrogen) atoms. The van der Waals surface area contributed by atoms with Crippen molar-refractivity contribution in [3.05, 3.63) is 83.4 Å². The van der Waals surface area contributed by atoms with Crippen LogP contribution in [0.4, 0.5) is 0 Å². The average Bonchev–Trinajstić information content (AvgIpc) is 3.60. The van der Waals surface area contributed by atoms with Crippen molar-refractivity contribution < 1.29 is 19.4 Å². The van der Waals surface area contributed by atoms with Crippen molar-refractivity contribution in [3.8, 4) is 21.9 Å². The third kappa shape index (κ3) is 7.00. The number of aryl methyl sites for hydroxylation is 1. The van der Waals surface area contributed by atoms with Crippen LogP contribution in [0.1, 0.15) is 48.8 Å². The molecule has 1 saturated heterocycles. The number of hydrogen-bond acceptors (Lipinski definition) is 5. The number of nitrogens with zero attached hydrogens (tertiary/aromatic N) is 1. The van der Waals surface area contributed by atoms with Crippen LogP contribution in [-0.2, 0) is 17.6 Å². The molecule has 0 aliphatic carbocycles. The van der Waals surface area contributed by atoms with Crippen molar-refractivity contribution in [2.24, 2.45) is 0 Å². The van der Waals surface area contributed by atoms with Gasteiger partial charge in [0.1, 0.15) is 11.5 Å². The van der Waals surface area contributed by atoms with Crippen molar-refractivity contribution >= 4 is 27.4 Å². The van der Waals surface area contributed by atoms with E-state index in [0.29, 0.717) is 13.0 Å². The lowest BCUT2D eigenvalue weighted by molar-refractivity contribution is -0.137. The maximum atomic E-state index is 10.7. The van der Waals surface area contributed by atoms with Crippen molar-refractivity contribution in [2.45, 2.75) is 44.9 Å². The SMILES string of the molecule is COc1cc(Cc2c(-c3ccc(OCCCC(=O)O)cc3)sc3ccccc23)ccc1CCCN1CCCC1. The number of likely N-dealkylation sites (tertiary alicyclic amines) is 1. The molecule has 2 heterocycles. The normalized spacial score (nSPS) is 13.7. The molecule has 1 N–H and O–H groups in total. The maximum Gasteiger partial charge on any atom is 0.303 e. The first-order valence-electron chi connectivity index (χ1n) is 13.9. The number of fused-ring (bicyclic) bond motifs is 1. The van der Waals surface area contributed by atoms with Crippen molar-refractivity contribution in [1.29, 1.82) is 0 Å². The highest BCUT2D eigenvalue weighted by Gasteiger charge is 2.16. The lowest BCUT2D eigenvalue weighted by Crippen LogP contribution is -2.20. The zero-order valence-electron chi connectivity index (χ0n) is 22.7. The summed E-state index contributed by atoms with van der Waals surface area (Å²) in [6, 6.07) is 23.5. The second kappa shape index (κ2) is 13.1. The van der Waals surface area contributed by atoms with Gasteiger partial charge in [-0.05, 0) is 122 Å². The largest absolute Gasteiger partial charge is 0.496 e. The Balaban J connectivity index is 1.33. The molecule has 204 valence electrons. The number of aliphatic carboxylic acids is 1. The van der Waals surface area contributed by atoms with E-state index < -0.39 is 5.97 Å². The standard InChI is InChI=1S/C33H37NO4S/c1-37-30-23-24(12-13-25(30)8-6-20-34-18-4-5-19-34)22-29-28-9-2-3-10-31(28)39-33(29)26-14-16-27(17-15-26)38-21-7-11-32(35)36/h2-3,9-10,12-17,23H,4-8,11,18-22H2,1H3,(H,35,36). The Hall–Kier alpha value is -3.35. The minimum absolute atomic E-state index is 0.119. The molecule has 1 aliphatic rings. The first-order valence-corrected chi connectivity index (χ1v) is 14.8. The van der Waals surface area contributed by atoms with Gasteiger partial charge in [0.25, 0.3) is 0 Å². The zero-order valence-corrected chi connectivity index (χ0v) is 23.5. The molecule has 1 fully saturated rings. The average molecular weight is 544 g/mol. The molecule has 5 nitrogen and oxygen atoms in total. The molecule has 5 rings (SSSR count). The van der Waals surface area contributed by atoms with Crippen LogP contribution in [0.3, 0.4) is 0 Å². The number of carboxylic acid groups (broad SMARTS) is 1. The molecule has 1 aliphatic heterocycles. The summed E-state index contributed by atoms with van der Waals surface area (Å²) in [5.41, 5.74) is 5.03. The summed E-state index contributed by atoms with van der Waals surface area (Å²) in [4.78, 5) is 14.6. The van der Waals surface area contributed by atoms with Crippen LogP contribution in [0.15, 0.2) is 66.7 Å². The minimum Gasteiger partial charge on any atom is -0.496 e. The van der Waals surface area contributed by atoms with Crippen molar-refractivity contribution in [1.82, 2.24) is 4.90 Å². The van der Waals surface area contributed by atoms with Crippen LogP contribution in [0.25, 0.3) is 20.5 Å². The molecule has 0 spiro atoms. The number of hydrogen-bond donors (Lipinski definition) is 1. The minimum atomic E-state index is -0.795. The Kier molecular flexibility index (Phi) is 9.17. The van der Waals surface area contributed by atoms with Gasteiger partial charge in [-0.3, -0.25) is 4.79 Å². The van der Waals surface area contributed by atoms with Crippen LogP contribution in [-0.4, -0.2) is 49.3 Å². The Labute approximate surface area is 235 Å². The van der Waals surface area contributed by atoms with E-state index in [1.165, 1.54) is 64.1 Å². The van der Waals surface area contributed by atoms with Gasteiger partial charge in [0.05, 0.1) is 13.7 Å². The van der Waals surface area contributed by atoms with E-state index in [1.54, 1.807) is 7.11 Å². The van der Waals surface area contributed by atoms with Gasteiger partial charge in [-0.1, -0.05) is 30.3 Å². The third-order valence-electron chi connectivity index (χ3n) is 7.47. The van der Waals surface area contributed by atoms with Crippen molar-refractivity contribution in [3.63, 3.8) is 0 Å². The van der Waals surface area contributed by atoms with E-state index in [4.69, 9.17) is 14.6 Å². The summed E-state index contributed by atoms with van der Waals surface area (Å²) in [5.74, 6) is 0.951. The Bertz CT molecular complexity index is 1390. The Morgan fingerprint density at radius 2 is 1.79 bits per heavy atom. The Morgan fingerprint density at radius 1 is 1.00 bits per heavy atom. The predicted molar refractivity (Wildman–Crippen MR) is 159 cm³/mol. The van der Waals surface area contributed by atoms with Gasteiger partial charge in [-0.15, -0.1) is 11.3 Å². The lowest BCUT2D eigenvalue weighted by atomic mass is 9.97. The second-order valence-electron chi connectivity index (χ2n) is 10.3. The quantitative estimate of drug-likeness (QED) is 0.178. The number of ether oxygens (including phenoxy) is 2. The molecule has 6 heteroatoms. The molecule has 0 atom stereocenters. The lowest BCUT2D eigenvalue weighted by Gasteiger charge is -2.15. The Morgan fingerprint density at radius 3 is 2.56 bits per heavy atom. The third-order valence-corrected chi connectivity index (χ3v) is 8.73. The fourth-order valence-electron chi connectivity index (χ4n) is 5.43. The van der Waals surface area contributed by atoms with Crippen LogP contribution >= 0.6 is 11.3 Å². The second-order valence-corrected chi connectivity index (χ2v) is 11.3. The van der Waals surface area contributed by atoms with E-state index in [-0.39, 0.29) is 6.42 Å². The van der Waals surface area contributed by atoms with Gasteiger partial charge in [0.2, 0.25) is 0 Å². The highest BCUT2D eigenvalue weighted by atomic mass is 32.1. The van der Waals surface area contributed by atoms with Gasteiger partial charge < -0.3 is 19.5 Å². The summed E-state index contributed by atoms with van der Waals surface area (Å²) >= 11 is 1.82. The molecular weight excluding hydrogens is 506 g/mol. The topological polar surface area (TPSA) is 59.0 Å². The van der Waals surface area contributed by atoms with Crippen LogP contribution in [0.2, 0.25) is 0 Å². The molecular formula is C33H37NO4S. The van der Waals surface area contributed by atoms with Crippen LogP contribution in [0.5, 0.6) is 11.5 Å². The number of benzene rings is 3. The van der Waals surface area contributed by atoms with Gasteiger partial charge in [-0.2, -0.15) is 0 Å². The van der Waals surface area contributed by atoms with E-state index in [0.717, 1.165) is 36.3 Å². The molecule has 3 aromatic carbocycles. The predicted octanol–water partition coefficient (Wildman–Crippen LogP) is 7.44. The summed E-state index contributed by atoms with van der Waals surface area (Å²) in [6.45, 7) is 4.06.